The summed E-state index contributed by atoms with van der Waals surface area (Å²) in [6.45, 7) is 9.14. The van der Waals surface area contributed by atoms with E-state index in [0.717, 1.165) is 48.5 Å². The van der Waals surface area contributed by atoms with Crippen LogP contribution in [-0.2, 0) is 13.0 Å². The Morgan fingerprint density at radius 3 is 2.88 bits per heavy atom. The Kier molecular flexibility index (Phi) is 7.73. The number of aliphatic imine (C=N–C) groups is 1. The van der Waals surface area contributed by atoms with E-state index in [1.165, 1.54) is 5.56 Å². The molecule has 1 aromatic heterocycles. The molecule has 0 saturated heterocycles. The fraction of sp³-hybridized carbons (Fsp3) is 0.474. The third-order valence-corrected chi connectivity index (χ3v) is 4.46. The van der Waals surface area contributed by atoms with Gasteiger partial charge in [0, 0.05) is 25.5 Å². The second kappa shape index (κ2) is 10.0. The average Bonchev–Trinajstić information content (AvgIpc) is 2.99. The van der Waals surface area contributed by atoms with Crippen molar-refractivity contribution in [2.45, 2.75) is 33.7 Å². The molecular formula is C19H28N4OS. The molecule has 5 nitrogen and oxygen atoms in total. The second-order valence-corrected chi connectivity index (χ2v) is 6.84. The summed E-state index contributed by atoms with van der Waals surface area (Å²) in [6, 6.07) is 8.23. The average molecular weight is 361 g/mol. The fourth-order valence-electron chi connectivity index (χ4n) is 2.52. The van der Waals surface area contributed by atoms with Crippen LogP contribution in [0.5, 0.6) is 5.75 Å². The van der Waals surface area contributed by atoms with Gasteiger partial charge in [0.25, 0.3) is 0 Å². The molecule has 25 heavy (non-hydrogen) atoms. The van der Waals surface area contributed by atoms with Crippen molar-refractivity contribution in [3.63, 3.8) is 0 Å². The van der Waals surface area contributed by atoms with Gasteiger partial charge < -0.3 is 15.0 Å². The van der Waals surface area contributed by atoms with Crippen molar-refractivity contribution in [1.29, 1.82) is 0 Å². The molecule has 0 aliphatic carbocycles. The van der Waals surface area contributed by atoms with Crippen LogP contribution in [-0.4, -0.2) is 42.6 Å². The van der Waals surface area contributed by atoms with Gasteiger partial charge in [-0.2, -0.15) is 0 Å². The van der Waals surface area contributed by atoms with Crippen molar-refractivity contribution >= 4 is 17.3 Å². The predicted molar refractivity (Wildman–Crippen MR) is 106 cm³/mol. The number of nitrogens with one attached hydrogen (secondary N) is 1. The van der Waals surface area contributed by atoms with Gasteiger partial charge in [-0.25, -0.2) is 4.98 Å². The summed E-state index contributed by atoms with van der Waals surface area (Å²) in [5.74, 6) is 1.83. The van der Waals surface area contributed by atoms with Gasteiger partial charge in [0.1, 0.15) is 5.75 Å². The van der Waals surface area contributed by atoms with Crippen molar-refractivity contribution in [2.75, 3.05) is 26.7 Å². The standard InChI is InChI=1S/C19H28N4OS/c1-5-20-19(23(4)13-17-14-25-15(3)22-17)21-11-10-16-8-7-9-18(12-16)24-6-2/h7-9,12,14H,5-6,10-11,13H2,1-4H3,(H,20,21). The minimum Gasteiger partial charge on any atom is -0.494 e. The van der Waals surface area contributed by atoms with Gasteiger partial charge in [-0.1, -0.05) is 12.1 Å². The lowest BCUT2D eigenvalue weighted by Gasteiger charge is -2.21. The Hall–Kier alpha value is -2.08. The molecule has 0 amide bonds. The topological polar surface area (TPSA) is 49.8 Å². The first-order valence-corrected chi connectivity index (χ1v) is 9.62. The van der Waals surface area contributed by atoms with E-state index in [9.17, 15) is 0 Å². The van der Waals surface area contributed by atoms with E-state index in [1.807, 2.05) is 33.0 Å². The number of hydrogen-bond acceptors (Lipinski definition) is 4. The number of thiazole rings is 1. The minimum atomic E-state index is 0.688. The number of aryl methyl sites for hydroxylation is 1. The first-order chi connectivity index (χ1) is 12.1. The van der Waals surface area contributed by atoms with Crippen LogP contribution in [0.1, 0.15) is 30.1 Å². The molecule has 136 valence electrons. The molecule has 0 saturated carbocycles. The molecule has 0 spiro atoms. The second-order valence-electron chi connectivity index (χ2n) is 5.78. The molecule has 6 heteroatoms. The normalized spacial score (nSPS) is 11.4. The van der Waals surface area contributed by atoms with Crippen molar-refractivity contribution in [3.05, 3.63) is 45.9 Å². The van der Waals surface area contributed by atoms with Crippen LogP contribution < -0.4 is 10.1 Å². The maximum Gasteiger partial charge on any atom is 0.194 e. The highest BCUT2D eigenvalue weighted by atomic mass is 32.1. The number of hydrogen-bond donors (Lipinski definition) is 1. The van der Waals surface area contributed by atoms with Crippen LogP contribution in [0.2, 0.25) is 0 Å². The van der Waals surface area contributed by atoms with E-state index in [-0.39, 0.29) is 0 Å². The molecule has 2 rings (SSSR count). The Morgan fingerprint density at radius 2 is 2.20 bits per heavy atom. The predicted octanol–water partition coefficient (Wildman–Crippen LogP) is 3.49. The molecule has 0 aliphatic rings. The smallest absolute Gasteiger partial charge is 0.194 e. The van der Waals surface area contributed by atoms with Crippen LogP contribution >= 0.6 is 11.3 Å². The highest BCUT2D eigenvalue weighted by molar-refractivity contribution is 7.09. The number of ether oxygens (including phenoxy) is 1. The van der Waals surface area contributed by atoms with Crippen molar-refractivity contribution in [3.8, 4) is 5.75 Å². The summed E-state index contributed by atoms with van der Waals surface area (Å²) >= 11 is 1.68. The molecule has 2 aromatic rings. The lowest BCUT2D eigenvalue weighted by atomic mass is 10.1. The Balaban J connectivity index is 1.95. The van der Waals surface area contributed by atoms with Crippen molar-refractivity contribution < 1.29 is 4.74 Å². The van der Waals surface area contributed by atoms with Crippen LogP contribution in [0.3, 0.4) is 0 Å². The van der Waals surface area contributed by atoms with E-state index < -0.39 is 0 Å². The summed E-state index contributed by atoms with van der Waals surface area (Å²) in [5, 5.41) is 6.56. The first-order valence-electron chi connectivity index (χ1n) is 8.74. The quantitative estimate of drug-likeness (QED) is 0.578. The Labute approximate surface area is 154 Å². The van der Waals surface area contributed by atoms with Crippen LogP contribution in [0.25, 0.3) is 0 Å². The maximum atomic E-state index is 5.56. The van der Waals surface area contributed by atoms with E-state index in [4.69, 9.17) is 9.73 Å². The molecule has 0 fully saturated rings. The van der Waals surface area contributed by atoms with E-state index in [2.05, 4.69) is 39.6 Å². The third kappa shape index (κ3) is 6.38. The SMILES string of the molecule is CCNC(=NCCc1cccc(OCC)c1)N(C)Cc1csc(C)n1. The number of aromatic nitrogens is 1. The lowest BCUT2D eigenvalue weighted by Crippen LogP contribution is -2.38. The van der Waals surface area contributed by atoms with Gasteiger partial charge in [0.05, 0.1) is 23.9 Å². The van der Waals surface area contributed by atoms with Crippen molar-refractivity contribution in [1.82, 2.24) is 15.2 Å². The molecule has 1 aromatic carbocycles. The number of guanidine groups is 1. The molecule has 0 unspecified atom stereocenters. The third-order valence-electron chi connectivity index (χ3n) is 3.63. The Morgan fingerprint density at radius 1 is 1.36 bits per heavy atom. The number of benzene rings is 1. The summed E-state index contributed by atoms with van der Waals surface area (Å²) in [4.78, 5) is 11.4. The summed E-state index contributed by atoms with van der Waals surface area (Å²) < 4.78 is 5.56. The van der Waals surface area contributed by atoms with Gasteiger partial charge >= 0.3 is 0 Å². The number of nitrogens with zero attached hydrogens (tertiary/aromatic N) is 3. The minimum absolute atomic E-state index is 0.688. The van der Waals surface area contributed by atoms with Gasteiger partial charge in [0.2, 0.25) is 0 Å². The molecule has 0 aliphatic heterocycles. The first kappa shape index (κ1) is 19.2. The zero-order chi connectivity index (χ0) is 18.1. The molecule has 0 radical (unpaired) electrons. The monoisotopic (exact) mass is 360 g/mol. The van der Waals surface area contributed by atoms with Gasteiger partial charge in [-0.15, -0.1) is 11.3 Å². The largest absolute Gasteiger partial charge is 0.494 e. The van der Waals surface area contributed by atoms with Crippen molar-refractivity contribution in [2.24, 2.45) is 4.99 Å². The zero-order valence-corrected chi connectivity index (χ0v) is 16.4. The summed E-state index contributed by atoms with van der Waals surface area (Å²) in [6.07, 6.45) is 0.888. The molecule has 0 bridgehead atoms. The Bertz CT molecular complexity index is 684. The van der Waals surface area contributed by atoms with Gasteiger partial charge in [-0.05, 0) is 44.9 Å². The molecule has 1 heterocycles. The molecule has 0 atom stereocenters. The zero-order valence-electron chi connectivity index (χ0n) is 15.6. The van der Waals surface area contributed by atoms with Gasteiger partial charge in [-0.3, -0.25) is 4.99 Å². The highest BCUT2D eigenvalue weighted by Gasteiger charge is 2.08. The highest BCUT2D eigenvalue weighted by Crippen LogP contribution is 2.14. The van der Waals surface area contributed by atoms with E-state index in [0.29, 0.717) is 6.61 Å². The van der Waals surface area contributed by atoms with Crippen LogP contribution in [0, 0.1) is 6.92 Å². The van der Waals surface area contributed by atoms with Crippen LogP contribution in [0.4, 0.5) is 0 Å². The summed E-state index contributed by atoms with van der Waals surface area (Å²) in [7, 11) is 2.05. The molecule has 1 N–H and O–H groups in total. The van der Waals surface area contributed by atoms with E-state index >= 15 is 0 Å². The number of rotatable bonds is 8. The van der Waals surface area contributed by atoms with E-state index in [1.54, 1.807) is 11.3 Å². The molecular weight excluding hydrogens is 332 g/mol. The lowest BCUT2D eigenvalue weighted by molar-refractivity contribution is 0.340. The summed E-state index contributed by atoms with van der Waals surface area (Å²) in [5.41, 5.74) is 2.32. The maximum absolute atomic E-state index is 5.56. The van der Waals surface area contributed by atoms with Crippen LogP contribution in [0.15, 0.2) is 34.6 Å². The van der Waals surface area contributed by atoms with Gasteiger partial charge in [0.15, 0.2) is 5.96 Å². The fourth-order valence-corrected chi connectivity index (χ4v) is 3.12.